The van der Waals surface area contributed by atoms with Crippen molar-refractivity contribution in [3.05, 3.63) is 0 Å². The molecule has 0 radical (unpaired) electrons. The van der Waals surface area contributed by atoms with Crippen molar-refractivity contribution in [1.82, 2.24) is 0 Å². The zero-order valence-electron chi connectivity index (χ0n) is 11.2. The van der Waals surface area contributed by atoms with Crippen LogP contribution in [0.25, 0.3) is 0 Å². The van der Waals surface area contributed by atoms with Gasteiger partial charge in [0.05, 0.1) is 0 Å². The lowest BCUT2D eigenvalue weighted by Gasteiger charge is -2.46. The fourth-order valence-corrected chi connectivity index (χ4v) is 2.94. The van der Waals surface area contributed by atoms with Gasteiger partial charge < -0.3 is 0 Å². The van der Waals surface area contributed by atoms with Crippen molar-refractivity contribution >= 4 is 0 Å². The predicted octanol–water partition coefficient (Wildman–Crippen LogP) is 5.42. The molecule has 0 N–H and O–H groups in total. The van der Waals surface area contributed by atoms with Crippen LogP contribution in [-0.2, 0) is 0 Å². The molecule has 0 aromatic heterocycles. The van der Waals surface area contributed by atoms with Crippen LogP contribution in [0.4, 0.5) is 0 Å². The molecule has 0 aliphatic carbocycles. The van der Waals surface area contributed by atoms with Gasteiger partial charge in [-0.1, -0.05) is 67.2 Å². The fourth-order valence-electron chi connectivity index (χ4n) is 2.94. The summed E-state index contributed by atoms with van der Waals surface area (Å²) in [5, 5.41) is 0. The Bertz CT molecular complexity index is 136. The lowest BCUT2D eigenvalue weighted by atomic mass is 9.59. The van der Waals surface area contributed by atoms with Gasteiger partial charge in [-0.3, -0.25) is 0 Å². The first-order valence-corrected chi connectivity index (χ1v) is 6.49. The van der Waals surface area contributed by atoms with Crippen molar-refractivity contribution in [3.63, 3.8) is 0 Å². The van der Waals surface area contributed by atoms with E-state index in [1.165, 1.54) is 38.5 Å². The molecule has 0 fully saturated rings. The van der Waals surface area contributed by atoms with Gasteiger partial charge in [0.2, 0.25) is 0 Å². The van der Waals surface area contributed by atoms with E-state index >= 15 is 0 Å². The predicted molar refractivity (Wildman–Crippen MR) is 66.6 cm³/mol. The molecule has 0 heterocycles. The summed E-state index contributed by atoms with van der Waals surface area (Å²) >= 11 is 0. The monoisotopic (exact) mass is 198 g/mol. The van der Waals surface area contributed by atoms with Crippen LogP contribution < -0.4 is 0 Å². The molecule has 0 saturated carbocycles. The second-order valence-corrected chi connectivity index (χ2v) is 5.33. The SMILES string of the molecule is CCCC(C)(CCC)C(C)(CC)CC. The molecule has 0 atom stereocenters. The van der Waals surface area contributed by atoms with Crippen molar-refractivity contribution in [2.24, 2.45) is 10.8 Å². The Hall–Kier alpha value is 0. The summed E-state index contributed by atoms with van der Waals surface area (Å²) in [6.07, 6.45) is 8.07. The molecule has 86 valence electrons. The Morgan fingerprint density at radius 3 is 1.21 bits per heavy atom. The summed E-state index contributed by atoms with van der Waals surface area (Å²) in [4.78, 5) is 0. The molecular formula is C14H30. The lowest BCUT2D eigenvalue weighted by Crippen LogP contribution is -2.36. The Kier molecular flexibility index (Phi) is 5.78. The van der Waals surface area contributed by atoms with Crippen molar-refractivity contribution < 1.29 is 0 Å². The lowest BCUT2D eigenvalue weighted by molar-refractivity contribution is 0.0385. The molecule has 0 spiro atoms. The first-order valence-electron chi connectivity index (χ1n) is 6.49. The average molecular weight is 198 g/mol. The van der Waals surface area contributed by atoms with Crippen molar-refractivity contribution in [3.8, 4) is 0 Å². The highest BCUT2D eigenvalue weighted by molar-refractivity contribution is 4.90. The van der Waals surface area contributed by atoms with Crippen LogP contribution in [0, 0.1) is 10.8 Å². The number of rotatable bonds is 7. The van der Waals surface area contributed by atoms with E-state index in [1.54, 1.807) is 0 Å². The maximum atomic E-state index is 2.51. The van der Waals surface area contributed by atoms with E-state index in [0.29, 0.717) is 10.8 Å². The molecule has 0 aliphatic heterocycles. The molecule has 0 unspecified atom stereocenters. The Balaban J connectivity index is 4.75. The van der Waals surface area contributed by atoms with Gasteiger partial charge >= 0.3 is 0 Å². The summed E-state index contributed by atoms with van der Waals surface area (Å²) in [5.41, 5.74) is 1.10. The summed E-state index contributed by atoms with van der Waals surface area (Å²) in [5.74, 6) is 0. The summed E-state index contributed by atoms with van der Waals surface area (Å²) < 4.78 is 0. The topological polar surface area (TPSA) is 0 Å². The van der Waals surface area contributed by atoms with Gasteiger partial charge in [0.25, 0.3) is 0 Å². The summed E-state index contributed by atoms with van der Waals surface area (Å²) in [6.45, 7) is 14.3. The first-order chi connectivity index (χ1) is 6.49. The van der Waals surface area contributed by atoms with E-state index in [0.717, 1.165) is 0 Å². The van der Waals surface area contributed by atoms with E-state index in [4.69, 9.17) is 0 Å². The standard InChI is InChI=1S/C14H30/c1-7-11-14(6,12-8-2)13(5,9-3)10-4/h7-12H2,1-6H3. The molecule has 0 heteroatoms. The van der Waals surface area contributed by atoms with Gasteiger partial charge in [-0.15, -0.1) is 0 Å². The Morgan fingerprint density at radius 1 is 0.643 bits per heavy atom. The maximum absolute atomic E-state index is 2.51. The normalized spacial score (nSPS) is 13.3. The highest BCUT2D eigenvalue weighted by Gasteiger charge is 2.39. The minimum Gasteiger partial charge on any atom is -0.0654 e. The summed E-state index contributed by atoms with van der Waals surface area (Å²) in [6, 6.07) is 0. The number of hydrogen-bond donors (Lipinski definition) is 0. The van der Waals surface area contributed by atoms with Crippen LogP contribution in [0.5, 0.6) is 0 Å². The third-order valence-corrected chi connectivity index (χ3v) is 4.62. The third kappa shape index (κ3) is 2.74. The van der Waals surface area contributed by atoms with Crippen molar-refractivity contribution in [2.45, 2.75) is 80.1 Å². The molecule has 0 bridgehead atoms. The quantitative estimate of drug-likeness (QED) is 0.512. The minimum atomic E-state index is 0.541. The van der Waals surface area contributed by atoms with E-state index < -0.39 is 0 Å². The molecule has 0 saturated heterocycles. The fraction of sp³-hybridized carbons (Fsp3) is 1.00. The van der Waals surface area contributed by atoms with Gasteiger partial charge in [-0.25, -0.2) is 0 Å². The average Bonchev–Trinajstić information content (AvgIpc) is 2.17. The van der Waals surface area contributed by atoms with E-state index in [2.05, 4.69) is 41.5 Å². The van der Waals surface area contributed by atoms with Crippen LogP contribution in [-0.4, -0.2) is 0 Å². The minimum absolute atomic E-state index is 0.541. The van der Waals surface area contributed by atoms with Crippen LogP contribution >= 0.6 is 0 Å². The molecule has 0 nitrogen and oxygen atoms in total. The molecule has 0 aliphatic rings. The zero-order valence-corrected chi connectivity index (χ0v) is 11.2. The molecular weight excluding hydrogens is 168 g/mol. The van der Waals surface area contributed by atoms with E-state index in [9.17, 15) is 0 Å². The second-order valence-electron chi connectivity index (χ2n) is 5.33. The first kappa shape index (κ1) is 14.0. The van der Waals surface area contributed by atoms with Crippen LogP contribution in [0.1, 0.15) is 80.1 Å². The third-order valence-electron chi connectivity index (χ3n) is 4.62. The smallest absolute Gasteiger partial charge is 0.0272 e. The maximum Gasteiger partial charge on any atom is -0.0272 e. The molecule has 0 rings (SSSR count). The van der Waals surface area contributed by atoms with Crippen LogP contribution in [0.2, 0.25) is 0 Å². The zero-order chi connectivity index (χ0) is 11.2. The van der Waals surface area contributed by atoms with Crippen molar-refractivity contribution in [2.75, 3.05) is 0 Å². The van der Waals surface area contributed by atoms with Gasteiger partial charge in [0, 0.05) is 0 Å². The van der Waals surface area contributed by atoms with E-state index in [-0.39, 0.29) is 0 Å². The molecule has 0 aromatic rings. The van der Waals surface area contributed by atoms with Crippen molar-refractivity contribution in [1.29, 1.82) is 0 Å². The van der Waals surface area contributed by atoms with Gasteiger partial charge in [-0.2, -0.15) is 0 Å². The highest BCUT2D eigenvalue weighted by atomic mass is 14.4. The van der Waals surface area contributed by atoms with Gasteiger partial charge in [0.1, 0.15) is 0 Å². The Labute approximate surface area is 91.5 Å². The van der Waals surface area contributed by atoms with Gasteiger partial charge in [0.15, 0.2) is 0 Å². The molecule has 14 heavy (non-hydrogen) atoms. The van der Waals surface area contributed by atoms with Gasteiger partial charge in [-0.05, 0) is 23.7 Å². The largest absolute Gasteiger partial charge is 0.0654 e. The van der Waals surface area contributed by atoms with Crippen LogP contribution in [0.3, 0.4) is 0 Å². The summed E-state index contributed by atoms with van der Waals surface area (Å²) in [7, 11) is 0. The number of hydrogen-bond acceptors (Lipinski definition) is 0. The Morgan fingerprint density at radius 2 is 1.00 bits per heavy atom. The highest BCUT2D eigenvalue weighted by Crippen LogP contribution is 2.50. The van der Waals surface area contributed by atoms with Crippen LogP contribution in [0.15, 0.2) is 0 Å². The molecule has 0 amide bonds. The van der Waals surface area contributed by atoms with E-state index in [1.807, 2.05) is 0 Å². The second kappa shape index (κ2) is 5.78. The molecule has 0 aromatic carbocycles.